The first kappa shape index (κ1) is 13.1. The van der Waals surface area contributed by atoms with E-state index in [1.807, 2.05) is 19.1 Å². The molecule has 1 rings (SSSR count). The third-order valence-corrected chi connectivity index (χ3v) is 2.06. The molecular formula is C15H16O2. The van der Waals surface area contributed by atoms with Gasteiger partial charge in [0.25, 0.3) is 0 Å². The molecule has 0 heterocycles. The van der Waals surface area contributed by atoms with Crippen molar-refractivity contribution in [3.8, 4) is 11.8 Å². The van der Waals surface area contributed by atoms with E-state index in [0.29, 0.717) is 18.6 Å². The van der Waals surface area contributed by atoms with E-state index < -0.39 is 0 Å². The summed E-state index contributed by atoms with van der Waals surface area (Å²) in [5.41, 5.74) is 2.50. The van der Waals surface area contributed by atoms with E-state index in [1.54, 1.807) is 19.1 Å². The second kappa shape index (κ2) is 6.55. The summed E-state index contributed by atoms with van der Waals surface area (Å²) in [5, 5.41) is 0. The zero-order chi connectivity index (χ0) is 12.7. The maximum absolute atomic E-state index is 11.4. The van der Waals surface area contributed by atoms with Crippen molar-refractivity contribution in [1.29, 1.82) is 0 Å². The quantitative estimate of drug-likeness (QED) is 0.587. The Kier molecular flexibility index (Phi) is 5.03. The predicted molar refractivity (Wildman–Crippen MR) is 68.7 cm³/mol. The van der Waals surface area contributed by atoms with Gasteiger partial charge in [-0.05, 0) is 37.1 Å². The molecule has 0 atom stereocenters. The summed E-state index contributed by atoms with van der Waals surface area (Å²) in [6.07, 6.45) is 0.663. The number of esters is 1. The van der Waals surface area contributed by atoms with Crippen molar-refractivity contribution in [3.63, 3.8) is 0 Å². The van der Waals surface area contributed by atoms with Crippen LogP contribution in [-0.4, -0.2) is 12.6 Å². The van der Waals surface area contributed by atoms with Crippen LogP contribution >= 0.6 is 0 Å². The van der Waals surface area contributed by atoms with Crippen LogP contribution in [0.4, 0.5) is 0 Å². The maximum atomic E-state index is 11.4. The predicted octanol–water partition coefficient (Wildman–Crippen LogP) is 2.99. The van der Waals surface area contributed by atoms with Crippen molar-refractivity contribution in [1.82, 2.24) is 0 Å². The topological polar surface area (TPSA) is 26.3 Å². The third-order valence-electron chi connectivity index (χ3n) is 2.06. The Morgan fingerprint density at radius 2 is 2.00 bits per heavy atom. The minimum absolute atomic E-state index is 0.285. The summed E-state index contributed by atoms with van der Waals surface area (Å²) < 4.78 is 4.90. The number of ether oxygens (including phenoxy) is 1. The van der Waals surface area contributed by atoms with Gasteiger partial charge in [0, 0.05) is 6.42 Å². The standard InChI is InChI=1S/C15H16O2/c1-4-17-15(16)14-10-8-13(9-11-14)7-5-6-12(2)3/h8-11H,2,4,7H2,1,3H3. The lowest BCUT2D eigenvalue weighted by atomic mass is 10.1. The number of carbonyl (C=O) groups is 1. The first-order valence-corrected chi connectivity index (χ1v) is 5.54. The SMILES string of the molecule is C=C(C)C#CCc1ccc(C(=O)OCC)cc1. The van der Waals surface area contributed by atoms with Crippen LogP contribution in [0.5, 0.6) is 0 Å². The molecule has 0 N–H and O–H groups in total. The average molecular weight is 228 g/mol. The first-order chi connectivity index (χ1) is 8.13. The van der Waals surface area contributed by atoms with Crippen molar-refractivity contribution in [2.75, 3.05) is 6.61 Å². The molecule has 0 spiro atoms. The Balaban J connectivity index is 2.66. The zero-order valence-electron chi connectivity index (χ0n) is 10.2. The fourth-order valence-corrected chi connectivity index (χ4v) is 1.27. The summed E-state index contributed by atoms with van der Waals surface area (Å²) in [7, 11) is 0. The molecule has 0 fully saturated rings. The molecule has 0 aliphatic carbocycles. The summed E-state index contributed by atoms with van der Waals surface area (Å²) in [4.78, 5) is 11.4. The first-order valence-electron chi connectivity index (χ1n) is 5.54. The van der Waals surface area contributed by atoms with Gasteiger partial charge in [-0.1, -0.05) is 30.6 Å². The molecular weight excluding hydrogens is 212 g/mol. The molecule has 1 aromatic rings. The molecule has 0 aromatic heterocycles. The van der Waals surface area contributed by atoms with Gasteiger partial charge in [0.2, 0.25) is 0 Å². The average Bonchev–Trinajstić information content (AvgIpc) is 2.30. The van der Waals surface area contributed by atoms with Crippen LogP contribution in [0.3, 0.4) is 0 Å². The monoisotopic (exact) mass is 228 g/mol. The molecule has 0 aliphatic rings. The Labute approximate surface area is 102 Å². The minimum atomic E-state index is -0.285. The van der Waals surface area contributed by atoms with Crippen molar-refractivity contribution < 1.29 is 9.53 Å². The Morgan fingerprint density at radius 3 is 2.53 bits per heavy atom. The highest BCUT2D eigenvalue weighted by Gasteiger charge is 2.04. The lowest BCUT2D eigenvalue weighted by molar-refractivity contribution is 0.0526. The highest BCUT2D eigenvalue weighted by atomic mass is 16.5. The van der Waals surface area contributed by atoms with Gasteiger partial charge in [-0.3, -0.25) is 0 Å². The maximum Gasteiger partial charge on any atom is 0.338 e. The molecule has 88 valence electrons. The molecule has 1 aromatic carbocycles. The van der Waals surface area contributed by atoms with Gasteiger partial charge in [0.1, 0.15) is 0 Å². The largest absolute Gasteiger partial charge is 0.462 e. The van der Waals surface area contributed by atoms with E-state index >= 15 is 0 Å². The van der Waals surface area contributed by atoms with E-state index in [-0.39, 0.29) is 5.97 Å². The number of hydrogen-bond acceptors (Lipinski definition) is 2. The number of allylic oxidation sites excluding steroid dienone is 1. The van der Waals surface area contributed by atoms with Gasteiger partial charge in [-0.15, -0.1) is 0 Å². The van der Waals surface area contributed by atoms with Crippen LogP contribution < -0.4 is 0 Å². The van der Waals surface area contributed by atoms with E-state index in [0.717, 1.165) is 11.1 Å². The number of benzene rings is 1. The smallest absolute Gasteiger partial charge is 0.338 e. The lowest BCUT2D eigenvalue weighted by Crippen LogP contribution is -2.04. The molecule has 0 radical (unpaired) electrons. The van der Waals surface area contributed by atoms with E-state index in [4.69, 9.17) is 4.74 Å². The van der Waals surface area contributed by atoms with Gasteiger partial charge < -0.3 is 4.74 Å². The van der Waals surface area contributed by atoms with Gasteiger partial charge in [-0.25, -0.2) is 4.79 Å². The van der Waals surface area contributed by atoms with Crippen molar-refractivity contribution >= 4 is 5.97 Å². The second-order valence-electron chi connectivity index (χ2n) is 3.68. The van der Waals surface area contributed by atoms with E-state index in [2.05, 4.69) is 18.4 Å². The number of hydrogen-bond donors (Lipinski definition) is 0. The molecule has 0 amide bonds. The molecule has 17 heavy (non-hydrogen) atoms. The minimum Gasteiger partial charge on any atom is -0.462 e. The van der Waals surface area contributed by atoms with Crippen molar-refractivity contribution in [2.45, 2.75) is 20.3 Å². The molecule has 2 nitrogen and oxygen atoms in total. The van der Waals surface area contributed by atoms with Crippen LogP contribution in [0, 0.1) is 11.8 Å². The van der Waals surface area contributed by atoms with E-state index in [9.17, 15) is 4.79 Å². The third kappa shape index (κ3) is 4.56. The van der Waals surface area contributed by atoms with Gasteiger partial charge in [0.05, 0.1) is 12.2 Å². The van der Waals surface area contributed by atoms with Crippen molar-refractivity contribution in [2.24, 2.45) is 0 Å². The van der Waals surface area contributed by atoms with Crippen LogP contribution in [0.25, 0.3) is 0 Å². The summed E-state index contributed by atoms with van der Waals surface area (Å²) in [6.45, 7) is 7.77. The van der Waals surface area contributed by atoms with Gasteiger partial charge in [-0.2, -0.15) is 0 Å². The number of rotatable bonds is 3. The van der Waals surface area contributed by atoms with E-state index in [1.165, 1.54) is 0 Å². The fourth-order valence-electron chi connectivity index (χ4n) is 1.27. The van der Waals surface area contributed by atoms with Gasteiger partial charge in [0.15, 0.2) is 0 Å². The molecule has 0 saturated heterocycles. The molecule has 0 aliphatic heterocycles. The van der Waals surface area contributed by atoms with Crippen LogP contribution in [-0.2, 0) is 11.2 Å². The summed E-state index contributed by atoms with van der Waals surface area (Å²) in [5.74, 6) is 5.64. The molecule has 0 bridgehead atoms. The van der Waals surface area contributed by atoms with Gasteiger partial charge >= 0.3 is 5.97 Å². The lowest BCUT2D eigenvalue weighted by Gasteiger charge is -2.01. The highest BCUT2D eigenvalue weighted by molar-refractivity contribution is 5.89. The van der Waals surface area contributed by atoms with Crippen molar-refractivity contribution in [3.05, 3.63) is 47.5 Å². The molecule has 0 unspecified atom stereocenters. The Morgan fingerprint density at radius 1 is 1.35 bits per heavy atom. The normalized spacial score (nSPS) is 9.06. The Hall–Kier alpha value is -2.01. The summed E-state index contributed by atoms with van der Waals surface area (Å²) in [6, 6.07) is 7.30. The summed E-state index contributed by atoms with van der Waals surface area (Å²) >= 11 is 0. The highest BCUT2D eigenvalue weighted by Crippen LogP contribution is 2.06. The Bertz CT molecular complexity index is 458. The zero-order valence-corrected chi connectivity index (χ0v) is 10.2. The van der Waals surface area contributed by atoms with Crippen LogP contribution in [0.2, 0.25) is 0 Å². The number of carbonyl (C=O) groups excluding carboxylic acids is 1. The molecule has 2 heteroatoms. The fraction of sp³-hybridized carbons (Fsp3) is 0.267. The van der Waals surface area contributed by atoms with Crippen LogP contribution in [0.1, 0.15) is 29.8 Å². The van der Waals surface area contributed by atoms with Crippen LogP contribution in [0.15, 0.2) is 36.4 Å². The molecule has 0 saturated carbocycles. The second-order valence-corrected chi connectivity index (χ2v) is 3.68.